The van der Waals surface area contributed by atoms with E-state index in [1.54, 1.807) is 0 Å². The van der Waals surface area contributed by atoms with E-state index in [4.69, 9.17) is 0 Å². The van der Waals surface area contributed by atoms with Crippen molar-refractivity contribution in [1.29, 1.82) is 0 Å². The van der Waals surface area contributed by atoms with E-state index < -0.39 is 0 Å². The predicted octanol–water partition coefficient (Wildman–Crippen LogP) is 12.4. The summed E-state index contributed by atoms with van der Waals surface area (Å²) in [5, 5.41) is 0. The van der Waals surface area contributed by atoms with Crippen LogP contribution >= 0.6 is 0 Å². The maximum atomic E-state index is 3.61. The highest BCUT2D eigenvalue weighted by molar-refractivity contribution is 6.18. The van der Waals surface area contributed by atoms with Crippen LogP contribution in [0.4, 0.5) is 22.7 Å². The summed E-state index contributed by atoms with van der Waals surface area (Å²) < 4.78 is 0. The number of allylic oxidation sites excluding steroid dienone is 6. The molecule has 2 N–H and O–H groups in total. The number of nitrogens with one attached hydrogen (secondary N) is 2. The van der Waals surface area contributed by atoms with Crippen molar-refractivity contribution in [3.05, 3.63) is 214 Å². The third-order valence-electron chi connectivity index (χ3n) is 16.4. The second-order valence-electron chi connectivity index (χ2n) is 20.7. The second-order valence-corrected chi connectivity index (χ2v) is 20.7. The fourth-order valence-electron chi connectivity index (χ4n) is 12.3. The Morgan fingerprint density at radius 2 is 0.618 bits per heavy atom. The quantitative estimate of drug-likeness (QED) is 0.0800. The van der Waals surface area contributed by atoms with Crippen LogP contribution in [0.1, 0.15) is 126 Å². The molecule has 76 heavy (non-hydrogen) atoms. The van der Waals surface area contributed by atoms with Crippen molar-refractivity contribution in [3.8, 4) is 0 Å². The van der Waals surface area contributed by atoms with Crippen LogP contribution in [-0.4, -0.2) is 76.9 Å². The number of nitrogens with zero attached hydrogens (tertiary/aromatic N) is 4. The van der Waals surface area contributed by atoms with Crippen molar-refractivity contribution in [1.82, 2.24) is 0 Å². The summed E-state index contributed by atoms with van der Waals surface area (Å²) in [6.07, 6.45) is 14.3. The molecule has 0 spiro atoms. The Kier molecular flexibility index (Phi) is 18.0. The van der Waals surface area contributed by atoms with Gasteiger partial charge in [0.15, 0.2) is 0 Å². The van der Waals surface area contributed by atoms with Crippen LogP contribution in [0.25, 0.3) is 22.3 Å². The molecular weight excluding hydrogens is 925 g/mol. The van der Waals surface area contributed by atoms with Crippen molar-refractivity contribution in [3.63, 3.8) is 0 Å². The molecule has 0 saturated heterocycles. The van der Waals surface area contributed by atoms with Crippen molar-refractivity contribution < 1.29 is 9.98 Å². The molecule has 3 aliphatic rings. The molecule has 6 nitrogen and oxygen atoms in total. The summed E-state index contributed by atoms with van der Waals surface area (Å²) in [5.41, 5.74) is 22.6. The Morgan fingerprint density at radius 1 is 0.342 bits per heavy atom. The largest absolute Gasteiger partial charge is 0.372 e. The van der Waals surface area contributed by atoms with Crippen molar-refractivity contribution in [2.45, 2.75) is 81.1 Å². The van der Waals surface area contributed by atoms with E-state index in [9.17, 15) is 0 Å². The maximum absolute atomic E-state index is 3.61. The van der Waals surface area contributed by atoms with Gasteiger partial charge in [0.2, 0.25) is 11.4 Å². The van der Waals surface area contributed by atoms with E-state index in [0.717, 1.165) is 65.4 Å². The lowest BCUT2D eigenvalue weighted by atomic mass is 9.81. The van der Waals surface area contributed by atoms with Crippen LogP contribution in [0, 0.1) is 11.8 Å². The molecule has 0 atom stereocenters. The molecule has 392 valence electrons. The summed E-state index contributed by atoms with van der Waals surface area (Å²) in [5.74, 6) is 1.38. The Hall–Kier alpha value is -7.18. The molecule has 1 fully saturated rings. The zero-order valence-electron chi connectivity index (χ0n) is 47.0. The standard InChI is InChI=1S/C70H82N6/c1-9-71-67-47-45-65(61-21-17-19-23-63(61)67)69(53-29-37-57(38-30-53)73(11-3)12-4)55-33-41-59(42-34-55)75(15-7)49-51-25-27-52(28-26-51)50-76(16-8)60-43-35-56(36-44-60)70(54-31-39-58(40-32-54)74(13-5)14-6)66-46-48-68(72-10-2)64-24-20-18-22-62(64)66/h17-24,29-48,51-52H,9-16,25-28,49-50H2,1-8H3/p+2. The molecule has 1 saturated carbocycles. The highest BCUT2D eigenvalue weighted by Gasteiger charge is 2.27. The van der Waals surface area contributed by atoms with E-state index in [1.807, 2.05) is 0 Å². The van der Waals surface area contributed by atoms with Gasteiger partial charge in [-0.3, -0.25) is 0 Å². The predicted molar refractivity (Wildman–Crippen MR) is 328 cm³/mol. The minimum absolute atomic E-state index is 0.691. The fourth-order valence-corrected chi connectivity index (χ4v) is 12.3. The molecule has 9 rings (SSSR count). The molecule has 6 aromatic rings. The van der Waals surface area contributed by atoms with E-state index in [-0.39, 0.29) is 0 Å². The SMILES string of the molecule is CC[NH+]=C1C=CC(=C(c2ccc(N(CC)CC)cc2)c2ccc(N(CC)CC3CCC(CN(CC)c4ccc(C(=C5C=CC(=[NH+]CC)c6ccccc65)c5ccc(N(CC)CC)cc5)cc4)CC3)cc2)c2ccccc21. The zero-order chi connectivity index (χ0) is 53.0. The summed E-state index contributed by atoms with van der Waals surface area (Å²) in [4.78, 5) is 17.3. The van der Waals surface area contributed by atoms with E-state index >= 15 is 0 Å². The molecule has 6 heteroatoms. The first-order valence-electron chi connectivity index (χ1n) is 29.0. The van der Waals surface area contributed by atoms with Gasteiger partial charge in [-0.1, -0.05) is 84.9 Å². The van der Waals surface area contributed by atoms with Crippen LogP contribution < -0.4 is 29.6 Å². The molecule has 0 aromatic heterocycles. The van der Waals surface area contributed by atoms with E-state index in [2.05, 4.69) is 255 Å². The van der Waals surface area contributed by atoms with Crippen molar-refractivity contribution in [2.24, 2.45) is 11.8 Å². The first kappa shape index (κ1) is 53.6. The van der Waals surface area contributed by atoms with Gasteiger partial charge in [0, 0.05) is 87.3 Å². The molecule has 3 aliphatic carbocycles. The van der Waals surface area contributed by atoms with Gasteiger partial charge >= 0.3 is 0 Å². The van der Waals surface area contributed by atoms with Gasteiger partial charge in [0.1, 0.15) is 13.1 Å². The van der Waals surface area contributed by atoms with Gasteiger partial charge < -0.3 is 19.6 Å². The van der Waals surface area contributed by atoms with Crippen molar-refractivity contribution >= 4 is 56.5 Å². The van der Waals surface area contributed by atoms with Gasteiger partial charge in [-0.2, -0.15) is 0 Å². The smallest absolute Gasteiger partial charge is 0.206 e. The second kappa shape index (κ2) is 25.6. The van der Waals surface area contributed by atoms with Gasteiger partial charge in [0.25, 0.3) is 0 Å². The number of hydrogen-bond donors (Lipinski definition) is 2. The number of fused-ring (bicyclic) bond motifs is 2. The average Bonchev–Trinajstić information content (AvgIpc) is 3.47. The topological polar surface area (TPSA) is 40.9 Å². The number of rotatable bonds is 20. The maximum Gasteiger partial charge on any atom is 0.206 e. The molecule has 0 bridgehead atoms. The first-order valence-corrected chi connectivity index (χ1v) is 29.0. The molecule has 0 unspecified atom stereocenters. The summed E-state index contributed by atoms with van der Waals surface area (Å²) in [6.45, 7) is 27.9. The Labute approximate surface area is 456 Å². The Balaban J connectivity index is 0.898. The average molecular weight is 1010 g/mol. The fraction of sp³-hybridized carbons (Fsp3) is 0.343. The molecule has 0 amide bonds. The number of hydrogen-bond acceptors (Lipinski definition) is 4. The van der Waals surface area contributed by atoms with Crippen LogP contribution in [0.15, 0.2) is 170 Å². The first-order chi connectivity index (χ1) is 37.3. The highest BCUT2D eigenvalue weighted by atomic mass is 15.1. The number of anilines is 4. The molecule has 6 aromatic carbocycles. The van der Waals surface area contributed by atoms with Crippen LogP contribution in [0.2, 0.25) is 0 Å². The molecular formula is C70H84N6+2. The molecule has 0 aliphatic heterocycles. The van der Waals surface area contributed by atoms with E-state index in [0.29, 0.717) is 11.8 Å². The Morgan fingerprint density at radius 3 is 0.895 bits per heavy atom. The lowest BCUT2D eigenvalue weighted by molar-refractivity contribution is -0.451. The van der Waals surface area contributed by atoms with Crippen LogP contribution in [0.3, 0.4) is 0 Å². The lowest BCUT2D eigenvalue weighted by Gasteiger charge is -2.36. The lowest BCUT2D eigenvalue weighted by Crippen LogP contribution is -2.72. The molecule has 0 radical (unpaired) electrons. The summed E-state index contributed by atoms with van der Waals surface area (Å²) >= 11 is 0. The minimum Gasteiger partial charge on any atom is -0.372 e. The summed E-state index contributed by atoms with van der Waals surface area (Å²) in [6, 6.07) is 55.2. The molecule has 0 heterocycles. The third kappa shape index (κ3) is 11.8. The van der Waals surface area contributed by atoms with Crippen molar-refractivity contribution in [2.75, 3.05) is 85.0 Å². The third-order valence-corrected chi connectivity index (χ3v) is 16.4. The minimum atomic E-state index is 0.691. The number of benzene rings is 6. The normalized spacial score (nSPS) is 18.3. The van der Waals surface area contributed by atoms with Gasteiger partial charge in [-0.25, -0.2) is 9.98 Å². The zero-order valence-corrected chi connectivity index (χ0v) is 47.0. The summed E-state index contributed by atoms with van der Waals surface area (Å²) in [7, 11) is 0. The highest BCUT2D eigenvalue weighted by Crippen LogP contribution is 2.41. The monoisotopic (exact) mass is 1010 g/mol. The van der Waals surface area contributed by atoms with Gasteiger partial charge in [0.05, 0.1) is 11.1 Å². The van der Waals surface area contributed by atoms with E-state index in [1.165, 1.54) is 127 Å². The Bertz CT molecular complexity index is 2850. The van der Waals surface area contributed by atoms with Crippen LogP contribution in [0.5, 0.6) is 0 Å². The van der Waals surface area contributed by atoms with Crippen LogP contribution in [-0.2, 0) is 0 Å². The van der Waals surface area contributed by atoms with Gasteiger partial charge in [-0.05, 0) is 221 Å². The van der Waals surface area contributed by atoms with Gasteiger partial charge in [-0.15, -0.1) is 0 Å².